The van der Waals surface area contributed by atoms with Crippen molar-refractivity contribution in [2.24, 2.45) is 0 Å². The van der Waals surface area contributed by atoms with E-state index >= 15 is 0 Å². The van der Waals surface area contributed by atoms with Crippen LogP contribution in [0.2, 0.25) is 0 Å². The van der Waals surface area contributed by atoms with Crippen molar-refractivity contribution < 1.29 is 28.6 Å². The Morgan fingerprint density at radius 3 is 0.806 bits per heavy atom. The van der Waals surface area contributed by atoms with Gasteiger partial charge in [0.25, 0.3) is 0 Å². The summed E-state index contributed by atoms with van der Waals surface area (Å²) in [5, 5.41) is 0. The minimum absolute atomic E-state index is 0.0731. The van der Waals surface area contributed by atoms with E-state index in [1.54, 1.807) is 0 Å². The molecule has 0 N–H and O–H groups in total. The van der Waals surface area contributed by atoms with Gasteiger partial charge in [0.2, 0.25) is 0 Å². The first-order chi connectivity index (χ1) is 30.5. The molecule has 6 heteroatoms. The molecule has 0 rings (SSSR count). The molecule has 364 valence electrons. The summed E-state index contributed by atoms with van der Waals surface area (Å²) in [6.07, 6.45) is 58.7. The van der Waals surface area contributed by atoms with E-state index in [0.717, 1.165) is 70.6 Å². The third-order valence-corrected chi connectivity index (χ3v) is 12.2. The van der Waals surface area contributed by atoms with Crippen LogP contribution < -0.4 is 0 Å². The molecule has 0 aromatic carbocycles. The zero-order chi connectivity index (χ0) is 45.1. The molecule has 0 heterocycles. The summed E-state index contributed by atoms with van der Waals surface area (Å²) in [4.78, 5) is 38.0. The van der Waals surface area contributed by atoms with Gasteiger partial charge in [-0.1, -0.05) is 231 Å². The van der Waals surface area contributed by atoms with Gasteiger partial charge in [-0.05, 0) is 70.6 Å². The Morgan fingerprint density at radius 2 is 0.532 bits per heavy atom. The van der Waals surface area contributed by atoms with Crippen LogP contribution in [0.5, 0.6) is 0 Å². The molecule has 0 radical (unpaired) electrons. The van der Waals surface area contributed by atoms with Crippen molar-refractivity contribution in [2.45, 2.75) is 303 Å². The number of ether oxygens (including phenoxy) is 3. The van der Waals surface area contributed by atoms with Crippen LogP contribution in [0, 0.1) is 0 Å². The Labute approximate surface area is 385 Å². The van der Waals surface area contributed by atoms with Crippen molar-refractivity contribution in [3.8, 4) is 0 Å². The summed E-state index contributed by atoms with van der Waals surface area (Å²) < 4.78 is 16.8. The standard InChI is InChI=1S/C56H104O6/c1-4-7-10-13-16-19-22-25-28-29-32-34-37-40-43-46-49-55(58)61-52-53(62-56(59)50-47-44-41-38-35-31-27-24-21-18-15-12-9-6-3)51-60-54(57)48-45-42-39-36-33-30-26-23-20-17-14-11-8-5-2/h23-24,26-27,53H,4-22,25,28-52H2,1-3H3/b26-23-,27-24-. The predicted molar refractivity (Wildman–Crippen MR) is 266 cm³/mol. The third-order valence-electron chi connectivity index (χ3n) is 12.2. The summed E-state index contributed by atoms with van der Waals surface area (Å²) >= 11 is 0. The molecular weight excluding hydrogens is 769 g/mol. The molecule has 0 bridgehead atoms. The number of hydrogen-bond donors (Lipinski definition) is 0. The molecule has 0 saturated heterocycles. The average molecular weight is 873 g/mol. The molecule has 6 nitrogen and oxygen atoms in total. The van der Waals surface area contributed by atoms with Crippen molar-refractivity contribution in [3.05, 3.63) is 24.3 Å². The van der Waals surface area contributed by atoms with Gasteiger partial charge in [0.05, 0.1) is 0 Å². The quantitative estimate of drug-likeness (QED) is 0.0262. The van der Waals surface area contributed by atoms with Gasteiger partial charge >= 0.3 is 17.9 Å². The topological polar surface area (TPSA) is 78.9 Å². The lowest BCUT2D eigenvalue weighted by Crippen LogP contribution is -2.30. The van der Waals surface area contributed by atoms with Crippen LogP contribution in [-0.4, -0.2) is 37.2 Å². The number of carbonyl (C=O) groups excluding carboxylic acids is 3. The largest absolute Gasteiger partial charge is 0.462 e. The van der Waals surface area contributed by atoms with E-state index in [1.165, 1.54) is 186 Å². The van der Waals surface area contributed by atoms with E-state index in [4.69, 9.17) is 14.2 Å². The number of rotatable bonds is 50. The zero-order valence-electron chi connectivity index (χ0n) is 41.7. The lowest BCUT2D eigenvalue weighted by Gasteiger charge is -2.18. The first-order valence-corrected chi connectivity index (χ1v) is 27.3. The lowest BCUT2D eigenvalue weighted by atomic mass is 10.0. The second-order valence-corrected chi connectivity index (χ2v) is 18.5. The van der Waals surface area contributed by atoms with Crippen molar-refractivity contribution in [1.29, 1.82) is 0 Å². The summed E-state index contributed by atoms with van der Waals surface area (Å²) in [7, 11) is 0. The maximum atomic E-state index is 12.8. The van der Waals surface area contributed by atoms with Crippen molar-refractivity contribution in [3.63, 3.8) is 0 Å². The fourth-order valence-electron chi connectivity index (χ4n) is 8.02. The van der Waals surface area contributed by atoms with Crippen molar-refractivity contribution in [1.82, 2.24) is 0 Å². The van der Waals surface area contributed by atoms with E-state index in [1.807, 2.05) is 0 Å². The fraction of sp³-hybridized carbons (Fsp3) is 0.875. The Morgan fingerprint density at radius 1 is 0.306 bits per heavy atom. The van der Waals surface area contributed by atoms with Crippen LogP contribution in [0.4, 0.5) is 0 Å². The van der Waals surface area contributed by atoms with Gasteiger partial charge < -0.3 is 14.2 Å². The number of esters is 3. The van der Waals surface area contributed by atoms with Crippen molar-refractivity contribution in [2.75, 3.05) is 13.2 Å². The highest BCUT2D eigenvalue weighted by molar-refractivity contribution is 5.71. The maximum Gasteiger partial charge on any atom is 0.306 e. The zero-order valence-corrected chi connectivity index (χ0v) is 41.7. The molecule has 1 atom stereocenters. The fourth-order valence-corrected chi connectivity index (χ4v) is 8.02. The van der Waals surface area contributed by atoms with Crippen molar-refractivity contribution >= 4 is 17.9 Å². The van der Waals surface area contributed by atoms with Gasteiger partial charge in [0, 0.05) is 19.3 Å². The summed E-state index contributed by atoms with van der Waals surface area (Å²) in [6, 6.07) is 0. The molecule has 62 heavy (non-hydrogen) atoms. The molecule has 0 amide bonds. The smallest absolute Gasteiger partial charge is 0.306 e. The van der Waals surface area contributed by atoms with Crippen LogP contribution >= 0.6 is 0 Å². The minimum atomic E-state index is -0.774. The Balaban J connectivity index is 4.35. The highest BCUT2D eigenvalue weighted by Crippen LogP contribution is 2.16. The minimum Gasteiger partial charge on any atom is -0.462 e. The van der Waals surface area contributed by atoms with E-state index in [2.05, 4.69) is 45.1 Å². The monoisotopic (exact) mass is 873 g/mol. The van der Waals surface area contributed by atoms with Crippen LogP contribution in [-0.2, 0) is 28.6 Å². The molecule has 0 spiro atoms. The number of carbonyl (C=O) groups is 3. The molecular formula is C56H104O6. The molecule has 0 aromatic rings. The molecule has 1 unspecified atom stereocenters. The third kappa shape index (κ3) is 48.9. The Bertz CT molecular complexity index is 1000. The van der Waals surface area contributed by atoms with E-state index < -0.39 is 6.10 Å². The molecule has 0 aliphatic rings. The number of hydrogen-bond acceptors (Lipinski definition) is 6. The normalized spacial score (nSPS) is 12.1. The predicted octanol–water partition coefficient (Wildman–Crippen LogP) is 17.9. The molecule has 0 aliphatic carbocycles. The van der Waals surface area contributed by atoms with Gasteiger partial charge in [-0.2, -0.15) is 0 Å². The molecule has 0 saturated carbocycles. The maximum absolute atomic E-state index is 12.8. The summed E-state index contributed by atoms with van der Waals surface area (Å²) in [5.74, 6) is -0.875. The highest BCUT2D eigenvalue weighted by atomic mass is 16.6. The average Bonchev–Trinajstić information content (AvgIpc) is 3.27. The van der Waals surface area contributed by atoms with E-state index in [9.17, 15) is 14.4 Å². The molecule has 0 fully saturated rings. The lowest BCUT2D eigenvalue weighted by molar-refractivity contribution is -0.167. The molecule has 0 aromatic heterocycles. The molecule has 0 aliphatic heterocycles. The second-order valence-electron chi connectivity index (χ2n) is 18.5. The van der Waals surface area contributed by atoms with Crippen LogP contribution in [0.25, 0.3) is 0 Å². The number of unbranched alkanes of at least 4 members (excludes halogenated alkanes) is 35. The SMILES string of the molecule is CCCCCCC/C=C\CCCCCCCC(=O)OCC(COC(=O)CCCCCCCCCCCCCCCCCC)OC(=O)CCCCCCC/C=C\CCCCCCC. The summed E-state index contributed by atoms with van der Waals surface area (Å²) in [5.41, 5.74) is 0. The van der Waals surface area contributed by atoms with Gasteiger partial charge in [-0.15, -0.1) is 0 Å². The van der Waals surface area contributed by atoms with Gasteiger partial charge in [0.1, 0.15) is 13.2 Å². The van der Waals surface area contributed by atoms with Crippen LogP contribution in [0.1, 0.15) is 297 Å². The highest BCUT2D eigenvalue weighted by Gasteiger charge is 2.19. The van der Waals surface area contributed by atoms with Gasteiger partial charge in [-0.3, -0.25) is 14.4 Å². The first kappa shape index (κ1) is 59.9. The van der Waals surface area contributed by atoms with E-state index in [0.29, 0.717) is 19.3 Å². The van der Waals surface area contributed by atoms with Crippen LogP contribution in [0.15, 0.2) is 24.3 Å². The Hall–Kier alpha value is -2.11. The Kier molecular flexibility index (Phi) is 49.8. The van der Waals surface area contributed by atoms with Gasteiger partial charge in [-0.25, -0.2) is 0 Å². The van der Waals surface area contributed by atoms with Crippen LogP contribution in [0.3, 0.4) is 0 Å². The van der Waals surface area contributed by atoms with Gasteiger partial charge in [0.15, 0.2) is 6.10 Å². The first-order valence-electron chi connectivity index (χ1n) is 27.3. The number of allylic oxidation sites excluding steroid dienone is 4. The summed E-state index contributed by atoms with van der Waals surface area (Å²) in [6.45, 7) is 6.64. The van der Waals surface area contributed by atoms with E-state index in [-0.39, 0.29) is 31.1 Å². The second kappa shape index (κ2) is 51.5.